The molecule has 24 heavy (non-hydrogen) atoms. The molecular formula is C17H24N2O4S. The average Bonchev–Trinajstić information content (AvgIpc) is 3.19. The highest BCUT2D eigenvalue weighted by molar-refractivity contribution is 7.13. The molecule has 1 saturated carbocycles. The molecular weight excluding hydrogens is 328 g/mol. The summed E-state index contributed by atoms with van der Waals surface area (Å²) in [6.07, 6.45) is 8.23. The average molecular weight is 352 g/mol. The van der Waals surface area contributed by atoms with Crippen LogP contribution in [-0.4, -0.2) is 52.7 Å². The third kappa shape index (κ3) is 3.32. The van der Waals surface area contributed by atoms with Crippen LogP contribution in [0.15, 0.2) is 6.20 Å². The van der Waals surface area contributed by atoms with Crippen LogP contribution in [0.1, 0.15) is 65.5 Å². The third-order valence-corrected chi connectivity index (χ3v) is 6.40. The van der Waals surface area contributed by atoms with E-state index in [1.165, 1.54) is 17.5 Å². The topological polar surface area (TPSA) is 79.7 Å². The van der Waals surface area contributed by atoms with Gasteiger partial charge in [-0.2, -0.15) is 0 Å². The second-order valence-electron chi connectivity index (χ2n) is 6.72. The van der Waals surface area contributed by atoms with Gasteiger partial charge in [-0.05, 0) is 19.3 Å². The first-order valence-electron chi connectivity index (χ1n) is 8.59. The molecule has 1 aromatic heterocycles. The zero-order valence-corrected chi connectivity index (χ0v) is 14.8. The molecule has 1 aliphatic heterocycles. The predicted octanol–water partition coefficient (Wildman–Crippen LogP) is 2.90. The quantitative estimate of drug-likeness (QED) is 0.843. The van der Waals surface area contributed by atoms with Gasteiger partial charge in [0.05, 0.1) is 11.2 Å². The highest BCUT2D eigenvalue weighted by Crippen LogP contribution is 2.36. The van der Waals surface area contributed by atoms with Gasteiger partial charge >= 0.3 is 5.97 Å². The Morgan fingerprint density at radius 3 is 2.62 bits per heavy atom. The number of nitrogens with zero attached hydrogens (tertiary/aromatic N) is 2. The Bertz CT molecular complexity index is 607. The summed E-state index contributed by atoms with van der Waals surface area (Å²) >= 11 is 1.22. The summed E-state index contributed by atoms with van der Waals surface area (Å²) in [7, 11) is 1.65. The minimum absolute atomic E-state index is 0.101. The number of carbonyl (C=O) groups is 2. The van der Waals surface area contributed by atoms with Crippen LogP contribution in [0.3, 0.4) is 0 Å². The maximum atomic E-state index is 13.1. The van der Waals surface area contributed by atoms with Gasteiger partial charge in [-0.15, -0.1) is 11.3 Å². The maximum absolute atomic E-state index is 13.1. The number of methoxy groups -OCH3 is 1. The van der Waals surface area contributed by atoms with Crippen LogP contribution in [0.5, 0.6) is 0 Å². The number of carboxylic acid groups (broad SMARTS) is 1. The first-order chi connectivity index (χ1) is 11.6. The van der Waals surface area contributed by atoms with Crippen LogP contribution < -0.4 is 0 Å². The van der Waals surface area contributed by atoms with Gasteiger partial charge < -0.3 is 14.7 Å². The number of carbonyl (C=O) groups excluding carboxylic acids is 1. The van der Waals surface area contributed by atoms with Crippen molar-refractivity contribution in [1.82, 2.24) is 9.88 Å². The summed E-state index contributed by atoms with van der Waals surface area (Å²) in [4.78, 5) is 30.5. The predicted molar refractivity (Wildman–Crippen MR) is 90.5 cm³/mol. The lowest BCUT2D eigenvalue weighted by Crippen LogP contribution is -2.49. The Labute approximate surface area is 145 Å². The monoisotopic (exact) mass is 352 g/mol. The number of aromatic nitrogens is 1. The van der Waals surface area contributed by atoms with E-state index in [4.69, 9.17) is 9.84 Å². The van der Waals surface area contributed by atoms with Crippen LogP contribution in [0.25, 0.3) is 0 Å². The molecule has 1 saturated heterocycles. The van der Waals surface area contributed by atoms with Crippen molar-refractivity contribution in [2.75, 3.05) is 20.2 Å². The Hall–Kier alpha value is -1.47. The minimum Gasteiger partial charge on any atom is -0.477 e. The Morgan fingerprint density at radius 2 is 2.04 bits per heavy atom. The van der Waals surface area contributed by atoms with Gasteiger partial charge in [-0.25, -0.2) is 9.78 Å². The molecule has 0 aromatic carbocycles. The summed E-state index contributed by atoms with van der Waals surface area (Å²) < 4.78 is 5.73. The molecule has 1 N–H and O–H groups in total. The second kappa shape index (κ2) is 7.19. The number of rotatable bonds is 4. The second-order valence-corrected chi connectivity index (χ2v) is 7.78. The van der Waals surface area contributed by atoms with Crippen LogP contribution in [0.4, 0.5) is 0 Å². The first-order valence-corrected chi connectivity index (χ1v) is 9.41. The van der Waals surface area contributed by atoms with E-state index in [2.05, 4.69) is 4.98 Å². The zero-order valence-electron chi connectivity index (χ0n) is 14.0. The van der Waals surface area contributed by atoms with Gasteiger partial charge in [0.25, 0.3) is 5.91 Å². The fourth-order valence-corrected chi connectivity index (χ4v) is 4.70. The summed E-state index contributed by atoms with van der Waals surface area (Å²) in [5.41, 5.74) is -0.666. The highest BCUT2D eigenvalue weighted by atomic mass is 32.1. The lowest BCUT2D eigenvalue weighted by molar-refractivity contribution is -0.155. The van der Waals surface area contributed by atoms with E-state index in [0.717, 1.165) is 50.0 Å². The Balaban J connectivity index is 1.69. The van der Waals surface area contributed by atoms with Gasteiger partial charge in [0.15, 0.2) is 0 Å². The number of carboxylic acids is 1. The van der Waals surface area contributed by atoms with Crippen molar-refractivity contribution in [1.29, 1.82) is 0 Å². The molecule has 7 heteroatoms. The van der Waals surface area contributed by atoms with Gasteiger partial charge in [-0.3, -0.25) is 4.79 Å². The Kier molecular flexibility index (Phi) is 5.20. The molecule has 0 spiro atoms. The van der Waals surface area contributed by atoms with Crippen molar-refractivity contribution in [2.45, 2.75) is 56.5 Å². The van der Waals surface area contributed by atoms with Crippen molar-refractivity contribution in [3.63, 3.8) is 0 Å². The van der Waals surface area contributed by atoms with Crippen molar-refractivity contribution in [3.05, 3.63) is 16.1 Å². The zero-order chi connectivity index (χ0) is 17.2. The number of thiazole rings is 1. The molecule has 1 unspecified atom stereocenters. The van der Waals surface area contributed by atoms with E-state index in [0.29, 0.717) is 13.1 Å². The fourth-order valence-electron chi connectivity index (χ4n) is 3.81. The largest absolute Gasteiger partial charge is 0.477 e. The van der Waals surface area contributed by atoms with E-state index in [1.54, 1.807) is 7.11 Å². The normalized spacial score (nSPS) is 23.9. The van der Waals surface area contributed by atoms with Crippen LogP contribution in [-0.2, 0) is 9.53 Å². The minimum atomic E-state index is -0.943. The van der Waals surface area contributed by atoms with Gasteiger partial charge in [-0.1, -0.05) is 25.7 Å². The van der Waals surface area contributed by atoms with E-state index in [-0.39, 0.29) is 16.7 Å². The molecule has 1 aromatic rings. The molecule has 6 nitrogen and oxygen atoms in total. The number of aromatic carboxylic acids is 1. The SMILES string of the molecule is COC1(C(=O)N2CCC(c3ncc(C(=O)O)s3)C2)CCCCCC1. The van der Waals surface area contributed by atoms with Crippen LogP contribution in [0.2, 0.25) is 0 Å². The molecule has 3 rings (SSSR count). The summed E-state index contributed by atoms with van der Waals surface area (Å²) in [6.45, 7) is 1.30. The molecule has 1 amide bonds. The smallest absolute Gasteiger partial charge is 0.347 e. The van der Waals surface area contributed by atoms with Gasteiger partial charge in [0, 0.05) is 26.1 Å². The molecule has 2 aliphatic rings. The van der Waals surface area contributed by atoms with Crippen molar-refractivity contribution in [3.8, 4) is 0 Å². The summed E-state index contributed by atoms with van der Waals surface area (Å²) in [5.74, 6) is -0.711. The van der Waals surface area contributed by atoms with E-state index >= 15 is 0 Å². The maximum Gasteiger partial charge on any atom is 0.347 e. The van der Waals surface area contributed by atoms with E-state index < -0.39 is 11.6 Å². The molecule has 2 fully saturated rings. The standard InChI is InChI=1S/C17H24N2O4S/c1-23-17(7-4-2-3-5-8-17)16(22)19-9-6-12(11-19)14-18-10-13(24-14)15(20)21/h10,12H,2-9,11H2,1H3,(H,20,21). The summed E-state index contributed by atoms with van der Waals surface area (Å²) in [6, 6.07) is 0. The van der Waals surface area contributed by atoms with Crippen LogP contribution in [0, 0.1) is 0 Å². The van der Waals surface area contributed by atoms with Gasteiger partial charge in [0.2, 0.25) is 0 Å². The number of likely N-dealkylation sites (tertiary alicyclic amines) is 1. The molecule has 132 valence electrons. The third-order valence-electron chi connectivity index (χ3n) is 5.25. The summed E-state index contributed by atoms with van der Waals surface area (Å²) in [5, 5.41) is 9.85. The number of amides is 1. The molecule has 0 radical (unpaired) electrons. The van der Waals surface area contributed by atoms with Crippen molar-refractivity contribution in [2.24, 2.45) is 0 Å². The number of hydrogen-bond donors (Lipinski definition) is 1. The van der Waals surface area contributed by atoms with E-state index in [1.807, 2.05) is 4.90 Å². The first kappa shape index (κ1) is 17.4. The fraction of sp³-hybridized carbons (Fsp3) is 0.706. The van der Waals surface area contributed by atoms with Gasteiger partial charge in [0.1, 0.15) is 10.5 Å². The molecule has 2 heterocycles. The molecule has 1 atom stereocenters. The van der Waals surface area contributed by atoms with Crippen LogP contribution >= 0.6 is 11.3 Å². The molecule has 1 aliphatic carbocycles. The number of hydrogen-bond acceptors (Lipinski definition) is 5. The highest BCUT2D eigenvalue weighted by Gasteiger charge is 2.43. The number of ether oxygens (including phenoxy) is 1. The van der Waals surface area contributed by atoms with Crippen molar-refractivity contribution < 1.29 is 19.4 Å². The lowest BCUT2D eigenvalue weighted by Gasteiger charge is -2.34. The van der Waals surface area contributed by atoms with E-state index in [9.17, 15) is 9.59 Å². The molecule has 0 bridgehead atoms. The van der Waals surface area contributed by atoms with Crippen molar-refractivity contribution >= 4 is 23.2 Å². The Morgan fingerprint density at radius 1 is 1.33 bits per heavy atom. The lowest BCUT2D eigenvalue weighted by atomic mass is 9.92.